The number of hydrogen-bond acceptors (Lipinski definition) is 2. The minimum Gasteiger partial charge on any atom is -0.299 e. The molecule has 0 spiro atoms. The van der Waals surface area contributed by atoms with Crippen molar-refractivity contribution in [1.29, 1.82) is 0 Å². The quantitative estimate of drug-likeness (QED) is 0.886. The minimum absolute atomic E-state index is 0.175. The van der Waals surface area contributed by atoms with Gasteiger partial charge in [-0.3, -0.25) is 10.00 Å². The first kappa shape index (κ1) is 12.4. The topological polar surface area (TPSA) is 29.9 Å². The van der Waals surface area contributed by atoms with Crippen LogP contribution in [0.3, 0.4) is 0 Å². The van der Waals surface area contributed by atoms with Gasteiger partial charge in [0.25, 0.3) is 0 Å². The summed E-state index contributed by atoms with van der Waals surface area (Å²) < 4.78 is 39.7. The summed E-state index contributed by atoms with van der Waals surface area (Å²) in [7, 11) is 0. The second kappa shape index (κ2) is 4.01. The molecule has 1 N–H and O–H groups in total. The van der Waals surface area contributed by atoms with Crippen LogP contribution in [0.4, 0.5) is 13.2 Å². The first-order valence-electron chi connectivity index (χ1n) is 5.69. The predicted molar refractivity (Wildman–Crippen MR) is 57.5 cm³/mol. The highest BCUT2D eigenvalue weighted by molar-refractivity contribution is 5.11. The highest BCUT2D eigenvalue weighted by Gasteiger charge is 2.62. The lowest BCUT2D eigenvalue weighted by molar-refractivity contribution is -0.166. The Morgan fingerprint density at radius 2 is 2.12 bits per heavy atom. The van der Waals surface area contributed by atoms with Gasteiger partial charge in [-0.25, -0.2) is 0 Å². The van der Waals surface area contributed by atoms with Gasteiger partial charge in [0.05, 0.1) is 6.20 Å². The van der Waals surface area contributed by atoms with Crippen molar-refractivity contribution in [3.63, 3.8) is 0 Å². The van der Waals surface area contributed by atoms with Gasteiger partial charge in [-0.05, 0) is 26.7 Å². The van der Waals surface area contributed by atoms with Crippen LogP contribution in [0.1, 0.15) is 38.3 Å². The van der Waals surface area contributed by atoms with Crippen molar-refractivity contribution in [1.82, 2.24) is 15.1 Å². The molecule has 1 aliphatic rings. The SMILES string of the molecule is CC(C)n1cc(CNC2(C(F)(F)F)CC2)cn1. The zero-order chi connectivity index (χ0) is 12.7. The van der Waals surface area contributed by atoms with Crippen molar-refractivity contribution < 1.29 is 13.2 Å². The van der Waals surface area contributed by atoms with Gasteiger partial charge in [0.15, 0.2) is 0 Å². The van der Waals surface area contributed by atoms with Gasteiger partial charge in [0.1, 0.15) is 5.54 Å². The number of alkyl halides is 3. The maximum atomic E-state index is 12.6. The van der Waals surface area contributed by atoms with E-state index in [0.29, 0.717) is 0 Å². The molecule has 1 aromatic heterocycles. The molecule has 0 amide bonds. The summed E-state index contributed by atoms with van der Waals surface area (Å²) in [6.45, 7) is 4.16. The van der Waals surface area contributed by atoms with Crippen LogP contribution >= 0.6 is 0 Å². The van der Waals surface area contributed by atoms with Crippen molar-refractivity contribution in [3.05, 3.63) is 18.0 Å². The van der Waals surface area contributed by atoms with E-state index in [0.717, 1.165) is 5.56 Å². The van der Waals surface area contributed by atoms with Crippen molar-refractivity contribution in [3.8, 4) is 0 Å². The Kier molecular flexibility index (Phi) is 2.93. The van der Waals surface area contributed by atoms with Crippen molar-refractivity contribution in [2.45, 2.75) is 51.0 Å². The average molecular weight is 247 g/mol. The van der Waals surface area contributed by atoms with Gasteiger partial charge in [-0.1, -0.05) is 0 Å². The number of nitrogens with one attached hydrogen (secondary N) is 1. The van der Waals surface area contributed by atoms with Crippen molar-refractivity contribution >= 4 is 0 Å². The van der Waals surface area contributed by atoms with E-state index in [-0.39, 0.29) is 25.4 Å². The Labute approximate surface area is 98.0 Å². The molecule has 1 heterocycles. The molecule has 0 aromatic carbocycles. The highest BCUT2D eigenvalue weighted by Crippen LogP contribution is 2.49. The van der Waals surface area contributed by atoms with Gasteiger partial charge in [0, 0.05) is 24.3 Å². The Morgan fingerprint density at radius 3 is 2.53 bits per heavy atom. The Balaban J connectivity index is 1.94. The van der Waals surface area contributed by atoms with E-state index in [4.69, 9.17) is 0 Å². The van der Waals surface area contributed by atoms with Gasteiger partial charge in [-0.15, -0.1) is 0 Å². The lowest BCUT2D eigenvalue weighted by Crippen LogP contribution is -2.44. The van der Waals surface area contributed by atoms with Crippen LogP contribution in [-0.2, 0) is 6.54 Å². The summed E-state index contributed by atoms with van der Waals surface area (Å²) in [5, 5.41) is 6.69. The largest absolute Gasteiger partial charge is 0.406 e. The molecule has 1 fully saturated rings. The van der Waals surface area contributed by atoms with Crippen molar-refractivity contribution in [2.75, 3.05) is 0 Å². The lowest BCUT2D eigenvalue weighted by Gasteiger charge is -2.20. The summed E-state index contributed by atoms with van der Waals surface area (Å²) in [5.41, 5.74) is -0.860. The van der Waals surface area contributed by atoms with E-state index >= 15 is 0 Å². The third kappa shape index (κ3) is 2.46. The molecule has 17 heavy (non-hydrogen) atoms. The zero-order valence-electron chi connectivity index (χ0n) is 9.88. The van der Waals surface area contributed by atoms with Crippen molar-refractivity contribution in [2.24, 2.45) is 0 Å². The van der Waals surface area contributed by atoms with Crippen LogP contribution in [-0.4, -0.2) is 21.5 Å². The Morgan fingerprint density at radius 1 is 1.47 bits per heavy atom. The first-order valence-corrected chi connectivity index (χ1v) is 5.69. The maximum absolute atomic E-state index is 12.6. The zero-order valence-corrected chi connectivity index (χ0v) is 9.88. The molecule has 0 atom stereocenters. The number of hydrogen-bond donors (Lipinski definition) is 1. The average Bonchev–Trinajstić information content (AvgIpc) is 2.86. The molecule has 0 saturated heterocycles. The Hall–Kier alpha value is -1.04. The molecule has 6 heteroatoms. The summed E-state index contributed by atoms with van der Waals surface area (Å²) in [5.74, 6) is 0. The van der Waals surface area contributed by atoms with Gasteiger partial charge in [0.2, 0.25) is 0 Å². The van der Waals surface area contributed by atoms with E-state index < -0.39 is 11.7 Å². The fourth-order valence-electron chi connectivity index (χ4n) is 1.71. The highest BCUT2D eigenvalue weighted by atomic mass is 19.4. The van der Waals surface area contributed by atoms with E-state index in [2.05, 4.69) is 10.4 Å². The fraction of sp³-hybridized carbons (Fsp3) is 0.727. The van der Waals surface area contributed by atoms with Crippen LogP contribution in [0, 0.1) is 0 Å². The normalized spacial score (nSPS) is 18.7. The van der Waals surface area contributed by atoms with E-state index in [9.17, 15) is 13.2 Å². The molecule has 1 aromatic rings. The number of nitrogens with zero attached hydrogens (tertiary/aromatic N) is 2. The molecule has 0 bridgehead atoms. The third-order valence-electron chi connectivity index (χ3n) is 3.11. The first-order chi connectivity index (χ1) is 7.84. The summed E-state index contributed by atoms with van der Waals surface area (Å²) in [6, 6.07) is 0.223. The monoisotopic (exact) mass is 247 g/mol. The third-order valence-corrected chi connectivity index (χ3v) is 3.11. The molecule has 96 valence electrons. The molecular weight excluding hydrogens is 231 g/mol. The predicted octanol–water partition coefficient (Wildman–Crippen LogP) is 2.65. The maximum Gasteiger partial charge on any atom is 0.406 e. The van der Waals surface area contributed by atoms with Crippen LogP contribution in [0.2, 0.25) is 0 Å². The molecule has 0 radical (unpaired) electrons. The molecule has 1 aliphatic carbocycles. The van der Waals surface area contributed by atoms with Crippen LogP contribution in [0.25, 0.3) is 0 Å². The number of rotatable bonds is 4. The van der Waals surface area contributed by atoms with Crippen LogP contribution in [0.15, 0.2) is 12.4 Å². The number of halogens is 3. The summed E-state index contributed by atoms with van der Waals surface area (Å²) in [6.07, 6.45) is -0.408. The van der Waals surface area contributed by atoms with E-state index in [1.165, 1.54) is 0 Å². The summed E-state index contributed by atoms with van der Waals surface area (Å²) >= 11 is 0. The molecule has 0 aliphatic heterocycles. The molecule has 1 saturated carbocycles. The second-order valence-corrected chi connectivity index (χ2v) is 4.86. The summed E-state index contributed by atoms with van der Waals surface area (Å²) in [4.78, 5) is 0. The van der Waals surface area contributed by atoms with Gasteiger partial charge in [-0.2, -0.15) is 18.3 Å². The lowest BCUT2D eigenvalue weighted by atomic mass is 10.2. The van der Waals surface area contributed by atoms with Crippen LogP contribution in [0.5, 0.6) is 0 Å². The van der Waals surface area contributed by atoms with Crippen LogP contribution < -0.4 is 5.32 Å². The minimum atomic E-state index is -4.15. The molecule has 2 rings (SSSR count). The van der Waals surface area contributed by atoms with Gasteiger partial charge >= 0.3 is 6.18 Å². The standard InChI is InChI=1S/C11H16F3N3/c1-8(2)17-7-9(6-16-17)5-15-10(3-4-10)11(12,13)14/h6-8,15H,3-5H2,1-2H3. The Bertz CT molecular complexity index is 391. The smallest absolute Gasteiger partial charge is 0.299 e. The molecule has 0 unspecified atom stereocenters. The second-order valence-electron chi connectivity index (χ2n) is 4.86. The molecule has 3 nitrogen and oxygen atoms in total. The van der Waals surface area contributed by atoms with E-state index in [1.54, 1.807) is 17.1 Å². The van der Waals surface area contributed by atoms with Gasteiger partial charge < -0.3 is 0 Å². The van der Waals surface area contributed by atoms with E-state index in [1.807, 2.05) is 13.8 Å². The fourth-order valence-corrected chi connectivity index (χ4v) is 1.71. The molecular formula is C11H16F3N3. The number of aromatic nitrogens is 2.